The Bertz CT molecular complexity index is 260. The molecule has 0 saturated carbocycles. The molecule has 1 rings (SSSR count). The van der Waals surface area contributed by atoms with Gasteiger partial charge in [0.1, 0.15) is 0 Å². The molecule has 1 aliphatic heterocycles. The van der Waals surface area contributed by atoms with Crippen molar-refractivity contribution in [3.05, 3.63) is 0 Å². The van der Waals surface area contributed by atoms with Gasteiger partial charge in [-0.1, -0.05) is 0 Å². The zero-order valence-corrected chi connectivity index (χ0v) is 13.0. The predicted molar refractivity (Wildman–Crippen MR) is 76.8 cm³/mol. The minimum Gasteiger partial charge on any atom is -0.316 e. The van der Waals surface area contributed by atoms with Crippen molar-refractivity contribution >= 4 is 0 Å². The Morgan fingerprint density at radius 3 is 2.45 bits per heavy atom. The van der Waals surface area contributed by atoms with E-state index in [4.69, 9.17) is 0 Å². The molecule has 2 nitrogen and oxygen atoms in total. The molecule has 0 radical (unpaired) electrons. The van der Waals surface area contributed by atoms with Crippen molar-refractivity contribution in [2.24, 2.45) is 5.92 Å². The molecule has 5 heteroatoms. The second-order valence-electron chi connectivity index (χ2n) is 6.36. The molecule has 2 atom stereocenters. The molecule has 1 saturated heterocycles. The van der Waals surface area contributed by atoms with Gasteiger partial charge in [0.25, 0.3) is 0 Å². The van der Waals surface area contributed by atoms with Gasteiger partial charge in [-0.25, -0.2) is 0 Å². The summed E-state index contributed by atoms with van der Waals surface area (Å²) in [5, 5.41) is 3.41. The van der Waals surface area contributed by atoms with E-state index in [0.717, 1.165) is 19.6 Å². The first-order valence-electron chi connectivity index (χ1n) is 7.83. The van der Waals surface area contributed by atoms with Gasteiger partial charge in [-0.3, -0.25) is 4.90 Å². The van der Waals surface area contributed by atoms with Gasteiger partial charge >= 0.3 is 6.18 Å². The third-order valence-corrected chi connectivity index (χ3v) is 4.18. The van der Waals surface area contributed by atoms with E-state index < -0.39 is 12.6 Å². The zero-order chi connectivity index (χ0) is 15.2. The van der Waals surface area contributed by atoms with E-state index in [0.29, 0.717) is 18.4 Å². The van der Waals surface area contributed by atoms with E-state index in [9.17, 15) is 13.2 Å². The average molecular weight is 294 g/mol. The fourth-order valence-electron chi connectivity index (χ4n) is 3.04. The van der Waals surface area contributed by atoms with E-state index in [1.165, 1.54) is 12.8 Å². The molecular formula is C15H29F3N2. The van der Waals surface area contributed by atoms with Crippen molar-refractivity contribution in [1.82, 2.24) is 10.2 Å². The van der Waals surface area contributed by atoms with Crippen LogP contribution in [0.15, 0.2) is 0 Å². The van der Waals surface area contributed by atoms with E-state index in [1.807, 2.05) is 0 Å². The lowest BCUT2D eigenvalue weighted by atomic mass is 9.97. The highest BCUT2D eigenvalue weighted by atomic mass is 19.4. The van der Waals surface area contributed by atoms with Crippen LogP contribution in [0.2, 0.25) is 0 Å². The molecule has 1 N–H and O–H groups in total. The van der Waals surface area contributed by atoms with Crippen LogP contribution in [0.3, 0.4) is 0 Å². The predicted octanol–water partition coefficient (Wildman–Crippen LogP) is 3.82. The van der Waals surface area contributed by atoms with Crippen LogP contribution in [-0.2, 0) is 0 Å². The van der Waals surface area contributed by atoms with Crippen LogP contribution >= 0.6 is 0 Å². The molecule has 20 heavy (non-hydrogen) atoms. The molecule has 0 aromatic carbocycles. The number of nitrogens with one attached hydrogen (secondary N) is 1. The highest BCUT2D eigenvalue weighted by molar-refractivity contribution is 4.78. The van der Waals surface area contributed by atoms with Gasteiger partial charge in [0, 0.05) is 25.0 Å². The van der Waals surface area contributed by atoms with E-state index in [-0.39, 0.29) is 12.5 Å². The molecule has 0 aliphatic carbocycles. The fraction of sp³-hybridized carbons (Fsp3) is 1.00. The zero-order valence-electron chi connectivity index (χ0n) is 13.0. The maximum Gasteiger partial charge on any atom is 0.389 e. The number of piperidine rings is 1. The Hall–Kier alpha value is -0.290. The van der Waals surface area contributed by atoms with Gasteiger partial charge in [-0.05, 0) is 65.5 Å². The third-order valence-electron chi connectivity index (χ3n) is 4.18. The van der Waals surface area contributed by atoms with E-state index in [1.54, 1.807) is 0 Å². The summed E-state index contributed by atoms with van der Waals surface area (Å²) in [5.74, 6) is 0.635. The van der Waals surface area contributed by atoms with E-state index >= 15 is 0 Å². The number of alkyl halides is 3. The van der Waals surface area contributed by atoms with Gasteiger partial charge in [0.2, 0.25) is 0 Å². The molecule has 2 unspecified atom stereocenters. The Kier molecular flexibility index (Phi) is 7.30. The summed E-state index contributed by atoms with van der Waals surface area (Å²) in [6.45, 7) is 9.47. The lowest BCUT2D eigenvalue weighted by Gasteiger charge is -2.37. The standard InChI is InChI=1S/C15H29F3N2/c1-12(2)20(11-14-7-5-9-19-10-14)13(3)6-4-8-15(16,17)18/h12-14,19H,4-11H2,1-3H3. The first-order valence-corrected chi connectivity index (χ1v) is 7.83. The number of hydrogen-bond acceptors (Lipinski definition) is 2. The summed E-state index contributed by atoms with van der Waals surface area (Å²) in [4.78, 5) is 2.37. The van der Waals surface area contributed by atoms with E-state index in [2.05, 4.69) is 31.0 Å². The Balaban J connectivity index is 2.39. The van der Waals surface area contributed by atoms with Crippen LogP contribution in [0.1, 0.15) is 52.9 Å². The number of rotatable bonds is 7. The van der Waals surface area contributed by atoms with Crippen molar-refractivity contribution in [1.29, 1.82) is 0 Å². The maximum absolute atomic E-state index is 12.2. The van der Waals surface area contributed by atoms with Crippen LogP contribution < -0.4 is 5.32 Å². The summed E-state index contributed by atoms with van der Waals surface area (Å²) in [7, 11) is 0. The highest BCUT2D eigenvalue weighted by Gasteiger charge is 2.28. The normalized spacial score (nSPS) is 22.5. The van der Waals surface area contributed by atoms with Crippen LogP contribution in [0.4, 0.5) is 13.2 Å². The van der Waals surface area contributed by atoms with Crippen molar-refractivity contribution in [3.8, 4) is 0 Å². The number of hydrogen-bond donors (Lipinski definition) is 1. The maximum atomic E-state index is 12.2. The summed E-state index contributed by atoms with van der Waals surface area (Å²) < 4.78 is 36.6. The molecule has 1 heterocycles. The van der Waals surface area contributed by atoms with Gasteiger partial charge in [-0.2, -0.15) is 13.2 Å². The Labute approximate surface area is 121 Å². The first-order chi connectivity index (χ1) is 9.29. The molecule has 120 valence electrons. The van der Waals surface area contributed by atoms with Crippen molar-refractivity contribution < 1.29 is 13.2 Å². The molecule has 1 fully saturated rings. The smallest absolute Gasteiger partial charge is 0.316 e. The quantitative estimate of drug-likeness (QED) is 0.768. The topological polar surface area (TPSA) is 15.3 Å². The number of nitrogens with zero attached hydrogens (tertiary/aromatic N) is 1. The monoisotopic (exact) mass is 294 g/mol. The van der Waals surface area contributed by atoms with Gasteiger partial charge in [-0.15, -0.1) is 0 Å². The van der Waals surface area contributed by atoms with Crippen LogP contribution in [0.25, 0.3) is 0 Å². The molecule has 0 bridgehead atoms. The van der Waals surface area contributed by atoms with Crippen LogP contribution in [-0.4, -0.2) is 42.8 Å². The largest absolute Gasteiger partial charge is 0.389 e. The Morgan fingerprint density at radius 2 is 1.95 bits per heavy atom. The molecule has 0 aromatic rings. The van der Waals surface area contributed by atoms with Crippen LogP contribution in [0, 0.1) is 5.92 Å². The third kappa shape index (κ3) is 6.93. The molecule has 1 aliphatic rings. The SMILES string of the molecule is CC(C)N(CC1CCCNC1)C(C)CCCC(F)(F)F. The van der Waals surface area contributed by atoms with Crippen molar-refractivity contribution in [3.63, 3.8) is 0 Å². The molecule has 0 spiro atoms. The first kappa shape index (κ1) is 17.8. The van der Waals surface area contributed by atoms with Gasteiger partial charge in [0.05, 0.1) is 0 Å². The van der Waals surface area contributed by atoms with Gasteiger partial charge < -0.3 is 5.32 Å². The lowest BCUT2D eigenvalue weighted by molar-refractivity contribution is -0.136. The second kappa shape index (κ2) is 8.23. The summed E-state index contributed by atoms with van der Waals surface area (Å²) >= 11 is 0. The molecule has 0 amide bonds. The van der Waals surface area contributed by atoms with Gasteiger partial charge in [0.15, 0.2) is 0 Å². The summed E-state index contributed by atoms with van der Waals surface area (Å²) in [6, 6.07) is 0.608. The van der Waals surface area contributed by atoms with Crippen molar-refractivity contribution in [2.45, 2.75) is 71.1 Å². The molecule has 0 aromatic heterocycles. The summed E-state index contributed by atoms with van der Waals surface area (Å²) in [6.07, 6.45) is -1.39. The summed E-state index contributed by atoms with van der Waals surface area (Å²) in [5.41, 5.74) is 0. The fourth-order valence-corrected chi connectivity index (χ4v) is 3.04. The van der Waals surface area contributed by atoms with Crippen LogP contribution in [0.5, 0.6) is 0 Å². The number of halogens is 3. The molecular weight excluding hydrogens is 265 g/mol. The van der Waals surface area contributed by atoms with Crippen molar-refractivity contribution in [2.75, 3.05) is 19.6 Å². The lowest BCUT2D eigenvalue weighted by Crippen LogP contribution is -2.45. The average Bonchev–Trinajstić information content (AvgIpc) is 2.35. The second-order valence-corrected chi connectivity index (χ2v) is 6.36. The Morgan fingerprint density at radius 1 is 1.25 bits per heavy atom. The highest BCUT2D eigenvalue weighted by Crippen LogP contribution is 2.24. The minimum absolute atomic E-state index is 0.222. The minimum atomic E-state index is -4.02.